The molecule has 5 aliphatic rings. The molecule has 1 aliphatic heterocycles. The third-order valence-electron chi connectivity index (χ3n) is 8.06. The normalized spacial score (nSPS) is 31.9. The first kappa shape index (κ1) is 20.5. The summed E-state index contributed by atoms with van der Waals surface area (Å²) in [6.45, 7) is 2.54. The first-order valence-corrected chi connectivity index (χ1v) is 11.9. The van der Waals surface area contributed by atoms with E-state index < -0.39 is 0 Å². The van der Waals surface area contributed by atoms with Crippen LogP contribution in [0.25, 0.3) is 0 Å². The Morgan fingerprint density at radius 1 is 0.839 bits per heavy atom. The van der Waals surface area contributed by atoms with E-state index in [4.69, 9.17) is 0 Å². The Morgan fingerprint density at radius 2 is 1.42 bits per heavy atom. The average molecular weight is 424 g/mol. The molecule has 0 radical (unpaired) electrons. The maximum absolute atomic E-state index is 13.6. The zero-order valence-corrected chi connectivity index (χ0v) is 18.2. The van der Waals surface area contributed by atoms with Crippen molar-refractivity contribution < 1.29 is 14.4 Å². The van der Waals surface area contributed by atoms with Crippen molar-refractivity contribution in [3.8, 4) is 0 Å². The van der Waals surface area contributed by atoms with E-state index in [1.54, 1.807) is 29.2 Å². The summed E-state index contributed by atoms with van der Waals surface area (Å²) in [5.74, 6) is 2.32. The Balaban J connectivity index is 1.15. The van der Waals surface area contributed by atoms with Crippen LogP contribution in [0.15, 0.2) is 30.3 Å². The van der Waals surface area contributed by atoms with Gasteiger partial charge in [-0.25, -0.2) is 0 Å². The molecule has 6 nitrogen and oxygen atoms in total. The molecule has 1 aromatic carbocycles. The Hall–Kier alpha value is -2.37. The van der Waals surface area contributed by atoms with Crippen molar-refractivity contribution in [1.29, 1.82) is 0 Å². The molecule has 0 spiro atoms. The monoisotopic (exact) mass is 423 g/mol. The van der Waals surface area contributed by atoms with Gasteiger partial charge in [0.1, 0.15) is 0 Å². The lowest BCUT2D eigenvalue weighted by Crippen LogP contribution is -2.55. The quantitative estimate of drug-likeness (QED) is 0.810. The van der Waals surface area contributed by atoms with Crippen LogP contribution in [0.1, 0.15) is 55.3 Å². The maximum Gasteiger partial charge on any atom is 0.251 e. The zero-order chi connectivity index (χ0) is 21.4. The van der Waals surface area contributed by atoms with Gasteiger partial charge in [-0.3, -0.25) is 14.4 Å². The van der Waals surface area contributed by atoms with Crippen molar-refractivity contribution in [3.05, 3.63) is 35.9 Å². The minimum Gasteiger partial charge on any atom is -0.343 e. The van der Waals surface area contributed by atoms with E-state index in [1.165, 1.54) is 19.3 Å². The van der Waals surface area contributed by atoms with Crippen LogP contribution in [0.5, 0.6) is 0 Å². The van der Waals surface area contributed by atoms with Gasteiger partial charge in [0, 0.05) is 31.7 Å². The fourth-order valence-corrected chi connectivity index (χ4v) is 7.04. The molecule has 0 aromatic heterocycles. The number of amides is 3. The topological polar surface area (TPSA) is 69.7 Å². The standard InChI is InChI=1S/C25H33N3O3/c29-22(17-26-23(30)21-5-2-1-3-6-21)27-7-4-8-28(10-9-27)24(31)25-14-18-11-19(15-25)13-20(12-18)16-25/h1-3,5-6,18-20H,4,7-17H2,(H,26,30). The van der Waals surface area contributed by atoms with Gasteiger partial charge in [-0.2, -0.15) is 0 Å². The number of nitrogens with zero attached hydrogens (tertiary/aromatic N) is 2. The number of benzene rings is 1. The summed E-state index contributed by atoms with van der Waals surface area (Å²) in [7, 11) is 0. The summed E-state index contributed by atoms with van der Waals surface area (Å²) in [5, 5.41) is 2.73. The van der Waals surface area contributed by atoms with Gasteiger partial charge >= 0.3 is 0 Å². The van der Waals surface area contributed by atoms with Crippen LogP contribution in [0.4, 0.5) is 0 Å². The number of carbonyl (C=O) groups is 3. The van der Waals surface area contributed by atoms with Gasteiger partial charge in [-0.1, -0.05) is 18.2 Å². The van der Waals surface area contributed by atoms with Gasteiger partial charge < -0.3 is 15.1 Å². The second-order valence-electron chi connectivity index (χ2n) is 10.3. The smallest absolute Gasteiger partial charge is 0.251 e. The highest BCUT2D eigenvalue weighted by Gasteiger charge is 2.55. The first-order chi connectivity index (χ1) is 15.0. The van der Waals surface area contributed by atoms with Gasteiger partial charge in [-0.15, -0.1) is 0 Å². The number of nitrogens with one attached hydrogen (secondary N) is 1. The molecule has 5 fully saturated rings. The predicted molar refractivity (Wildman–Crippen MR) is 117 cm³/mol. The molecule has 0 unspecified atom stereocenters. The van der Waals surface area contributed by atoms with Gasteiger partial charge in [0.2, 0.25) is 11.8 Å². The van der Waals surface area contributed by atoms with E-state index in [-0.39, 0.29) is 23.8 Å². The lowest BCUT2D eigenvalue weighted by Gasteiger charge is -2.56. The maximum atomic E-state index is 13.6. The third-order valence-corrected chi connectivity index (χ3v) is 8.06. The molecule has 1 N–H and O–H groups in total. The van der Waals surface area contributed by atoms with Crippen molar-refractivity contribution in [2.24, 2.45) is 23.2 Å². The van der Waals surface area contributed by atoms with Gasteiger partial charge in [0.25, 0.3) is 5.91 Å². The highest BCUT2D eigenvalue weighted by Crippen LogP contribution is 2.60. The molecule has 4 aliphatic carbocycles. The molecule has 166 valence electrons. The van der Waals surface area contributed by atoms with Crippen LogP contribution in [0, 0.1) is 23.2 Å². The summed E-state index contributed by atoms with van der Waals surface area (Å²) < 4.78 is 0. The van der Waals surface area contributed by atoms with Crippen molar-refractivity contribution in [1.82, 2.24) is 15.1 Å². The Morgan fingerprint density at radius 3 is 2.06 bits per heavy atom. The molecule has 6 heteroatoms. The van der Waals surface area contributed by atoms with Crippen LogP contribution in [-0.4, -0.2) is 60.2 Å². The molecule has 0 atom stereocenters. The van der Waals surface area contributed by atoms with E-state index in [0.717, 1.165) is 50.0 Å². The summed E-state index contributed by atoms with van der Waals surface area (Å²) in [6, 6.07) is 8.94. The first-order valence-electron chi connectivity index (χ1n) is 11.9. The number of rotatable bonds is 4. The van der Waals surface area contributed by atoms with E-state index in [2.05, 4.69) is 5.32 Å². The third kappa shape index (κ3) is 4.09. The Labute approximate surface area is 184 Å². The number of carbonyl (C=O) groups excluding carboxylic acids is 3. The van der Waals surface area contributed by atoms with Gasteiger partial charge in [0.15, 0.2) is 0 Å². The molecule has 4 bridgehead atoms. The zero-order valence-electron chi connectivity index (χ0n) is 18.2. The van der Waals surface area contributed by atoms with E-state index in [9.17, 15) is 14.4 Å². The van der Waals surface area contributed by atoms with Crippen LogP contribution < -0.4 is 5.32 Å². The van der Waals surface area contributed by atoms with Crippen molar-refractivity contribution in [2.75, 3.05) is 32.7 Å². The minimum atomic E-state index is -0.234. The molecule has 6 rings (SSSR count). The van der Waals surface area contributed by atoms with Crippen LogP contribution in [0.3, 0.4) is 0 Å². The van der Waals surface area contributed by atoms with Crippen molar-refractivity contribution in [2.45, 2.75) is 44.9 Å². The fourth-order valence-electron chi connectivity index (χ4n) is 7.04. The number of hydrogen-bond acceptors (Lipinski definition) is 3. The second-order valence-corrected chi connectivity index (χ2v) is 10.3. The van der Waals surface area contributed by atoms with Crippen molar-refractivity contribution >= 4 is 17.7 Å². The van der Waals surface area contributed by atoms with Crippen molar-refractivity contribution in [3.63, 3.8) is 0 Å². The summed E-state index contributed by atoms with van der Waals surface area (Å²) in [4.78, 5) is 42.4. The lowest BCUT2D eigenvalue weighted by molar-refractivity contribution is -0.157. The Kier molecular flexibility index (Phi) is 5.49. The largest absolute Gasteiger partial charge is 0.343 e. The summed E-state index contributed by atoms with van der Waals surface area (Å²) >= 11 is 0. The van der Waals surface area contributed by atoms with E-state index in [1.807, 2.05) is 11.0 Å². The molecule has 1 saturated heterocycles. The Bertz CT molecular complexity index is 818. The molecular formula is C25H33N3O3. The van der Waals surface area contributed by atoms with Gasteiger partial charge in [0.05, 0.1) is 12.0 Å². The van der Waals surface area contributed by atoms with E-state index in [0.29, 0.717) is 31.1 Å². The fraction of sp³-hybridized carbons (Fsp3) is 0.640. The average Bonchev–Trinajstić information content (AvgIpc) is 3.03. The predicted octanol–water partition coefficient (Wildman–Crippen LogP) is 2.69. The molecule has 4 saturated carbocycles. The molecule has 3 amide bonds. The lowest BCUT2D eigenvalue weighted by atomic mass is 9.49. The SMILES string of the molecule is O=C(NCC(=O)N1CCCN(C(=O)C23CC4CC(CC(C4)C2)C3)CC1)c1ccccc1. The highest BCUT2D eigenvalue weighted by atomic mass is 16.2. The molecule has 1 aromatic rings. The molecular weight excluding hydrogens is 390 g/mol. The molecule has 1 heterocycles. The van der Waals surface area contributed by atoms with E-state index >= 15 is 0 Å². The summed E-state index contributed by atoms with van der Waals surface area (Å²) in [6.07, 6.45) is 8.07. The minimum absolute atomic E-state index is 0.00332. The van der Waals surface area contributed by atoms with Crippen LogP contribution in [0.2, 0.25) is 0 Å². The van der Waals surface area contributed by atoms with Gasteiger partial charge in [-0.05, 0) is 74.8 Å². The second kappa shape index (κ2) is 8.29. The number of hydrogen-bond donors (Lipinski definition) is 1. The summed E-state index contributed by atoms with van der Waals surface area (Å²) in [5.41, 5.74) is 0.441. The van der Waals surface area contributed by atoms with Crippen LogP contribution in [-0.2, 0) is 9.59 Å². The van der Waals surface area contributed by atoms with Crippen LogP contribution >= 0.6 is 0 Å². The highest BCUT2D eigenvalue weighted by molar-refractivity contribution is 5.96. The molecule has 31 heavy (non-hydrogen) atoms.